The Hall–Kier alpha value is -2.01. The molecular formula is C16H15N3OS. The minimum absolute atomic E-state index is 0.0192. The van der Waals surface area contributed by atoms with Gasteiger partial charge in [0.15, 0.2) is 10.3 Å². The van der Waals surface area contributed by atoms with Gasteiger partial charge in [-0.05, 0) is 25.3 Å². The lowest BCUT2D eigenvalue weighted by atomic mass is 10.1. The minimum Gasteiger partial charge on any atom is -0.295 e. The molecule has 1 aliphatic rings. The van der Waals surface area contributed by atoms with Crippen LogP contribution in [0.1, 0.15) is 24.2 Å². The molecule has 5 heteroatoms. The fourth-order valence-electron chi connectivity index (χ4n) is 2.85. The molecule has 0 fully saturated rings. The Morgan fingerprint density at radius 1 is 1.19 bits per heavy atom. The van der Waals surface area contributed by atoms with Crippen LogP contribution in [0.25, 0.3) is 20.9 Å². The SMILES string of the molecule is Cc1ccccc1-c1nc2c(=O)n3c(nc2s1)CCCC3. The summed E-state index contributed by atoms with van der Waals surface area (Å²) in [6.45, 7) is 2.83. The molecule has 0 bridgehead atoms. The maximum atomic E-state index is 12.6. The predicted octanol–water partition coefficient (Wildman–Crippen LogP) is 3.16. The van der Waals surface area contributed by atoms with E-state index < -0.39 is 0 Å². The molecule has 0 amide bonds. The fraction of sp³-hybridized carbons (Fsp3) is 0.312. The van der Waals surface area contributed by atoms with Gasteiger partial charge in [0, 0.05) is 18.5 Å². The van der Waals surface area contributed by atoms with Crippen molar-refractivity contribution < 1.29 is 0 Å². The number of aryl methyl sites for hydroxylation is 2. The molecule has 0 saturated heterocycles. The first-order valence-corrected chi connectivity index (χ1v) is 8.02. The highest BCUT2D eigenvalue weighted by Crippen LogP contribution is 2.30. The molecule has 1 aliphatic heterocycles. The molecule has 0 aliphatic carbocycles. The summed E-state index contributed by atoms with van der Waals surface area (Å²) in [6, 6.07) is 8.12. The number of benzene rings is 1. The number of hydrogen-bond acceptors (Lipinski definition) is 4. The smallest absolute Gasteiger partial charge is 0.280 e. The van der Waals surface area contributed by atoms with Crippen LogP contribution in [-0.4, -0.2) is 14.5 Å². The van der Waals surface area contributed by atoms with Crippen molar-refractivity contribution in [3.05, 3.63) is 46.0 Å². The molecule has 0 N–H and O–H groups in total. The Balaban J connectivity index is 1.97. The number of hydrogen-bond donors (Lipinski definition) is 0. The monoisotopic (exact) mass is 297 g/mol. The summed E-state index contributed by atoms with van der Waals surface area (Å²) in [7, 11) is 0. The van der Waals surface area contributed by atoms with Crippen molar-refractivity contribution in [2.45, 2.75) is 32.7 Å². The first kappa shape index (κ1) is 12.7. The summed E-state index contributed by atoms with van der Waals surface area (Å²) < 4.78 is 1.80. The second kappa shape index (κ2) is 4.77. The van der Waals surface area contributed by atoms with Crippen LogP contribution in [-0.2, 0) is 13.0 Å². The second-order valence-electron chi connectivity index (χ2n) is 5.43. The number of rotatable bonds is 1. The Bertz CT molecular complexity index is 894. The lowest BCUT2D eigenvalue weighted by Gasteiger charge is -2.16. The Kier molecular flexibility index (Phi) is 2.89. The van der Waals surface area contributed by atoms with E-state index in [0.717, 1.165) is 47.0 Å². The van der Waals surface area contributed by atoms with Crippen LogP contribution in [0.5, 0.6) is 0 Å². The maximum absolute atomic E-state index is 12.6. The van der Waals surface area contributed by atoms with Gasteiger partial charge in [-0.25, -0.2) is 9.97 Å². The average Bonchev–Trinajstić information content (AvgIpc) is 2.92. The van der Waals surface area contributed by atoms with E-state index >= 15 is 0 Å². The topological polar surface area (TPSA) is 47.8 Å². The summed E-state index contributed by atoms with van der Waals surface area (Å²) in [5.74, 6) is 0.915. The molecular weight excluding hydrogens is 282 g/mol. The second-order valence-corrected chi connectivity index (χ2v) is 6.41. The highest BCUT2D eigenvalue weighted by atomic mass is 32.1. The molecule has 0 atom stereocenters. The van der Waals surface area contributed by atoms with Gasteiger partial charge in [-0.15, -0.1) is 0 Å². The standard InChI is InChI=1S/C16H15N3OS/c1-10-6-2-3-7-11(10)14-18-13-15(21-14)17-12-8-4-5-9-19(12)16(13)20/h2-3,6-7H,4-5,8-9H2,1H3. The molecule has 3 aromatic rings. The van der Waals surface area contributed by atoms with Crippen molar-refractivity contribution in [3.8, 4) is 10.6 Å². The van der Waals surface area contributed by atoms with Crippen LogP contribution in [0, 0.1) is 6.92 Å². The first-order chi connectivity index (χ1) is 10.2. The molecule has 0 radical (unpaired) electrons. The van der Waals surface area contributed by atoms with E-state index in [0.29, 0.717) is 5.52 Å². The van der Waals surface area contributed by atoms with Crippen molar-refractivity contribution in [2.24, 2.45) is 0 Å². The minimum atomic E-state index is 0.0192. The zero-order valence-corrected chi connectivity index (χ0v) is 12.6. The predicted molar refractivity (Wildman–Crippen MR) is 84.8 cm³/mol. The normalized spacial score (nSPS) is 14.3. The van der Waals surface area contributed by atoms with E-state index in [1.54, 1.807) is 4.57 Å². The van der Waals surface area contributed by atoms with E-state index in [-0.39, 0.29) is 5.56 Å². The Labute approximate surface area is 126 Å². The lowest BCUT2D eigenvalue weighted by molar-refractivity contribution is 0.501. The van der Waals surface area contributed by atoms with Crippen LogP contribution in [0.3, 0.4) is 0 Å². The Morgan fingerprint density at radius 2 is 2.05 bits per heavy atom. The number of aromatic nitrogens is 3. The quantitative estimate of drug-likeness (QED) is 0.693. The molecule has 4 nitrogen and oxygen atoms in total. The fourth-order valence-corrected chi connectivity index (χ4v) is 3.89. The number of nitrogens with zero attached hydrogens (tertiary/aromatic N) is 3. The summed E-state index contributed by atoms with van der Waals surface area (Å²) in [5.41, 5.74) is 2.79. The van der Waals surface area contributed by atoms with Crippen LogP contribution in [0.4, 0.5) is 0 Å². The van der Waals surface area contributed by atoms with Crippen LogP contribution >= 0.6 is 11.3 Å². The van der Waals surface area contributed by atoms with Crippen LogP contribution in [0.15, 0.2) is 29.1 Å². The van der Waals surface area contributed by atoms with E-state index in [9.17, 15) is 4.79 Å². The number of thiazole rings is 1. The van der Waals surface area contributed by atoms with Gasteiger partial charge >= 0.3 is 0 Å². The van der Waals surface area contributed by atoms with Crippen LogP contribution < -0.4 is 5.56 Å². The summed E-state index contributed by atoms with van der Waals surface area (Å²) >= 11 is 1.52. The highest BCUT2D eigenvalue weighted by molar-refractivity contribution is 7.21. The summed E-state index contributed by atoms with van der Waals surface area (Å²) in [4.78, 5) is 22.6. The van der Waals surface area contributed by atoms with Gasteiger partial charge in [0.2, 0.25) is 0 Å². The van der Waals surface area contributed by atoms with E-state index in [2.05, 4.69) is 23.0 Å². The van der Waals surface area contributed by atoms with Crippen molar-refractivity contribution >= 4 is 21.7 Å². The van der Waals surface area contributed by atoms with E-state index in [4.69, 9.17) is 0 Å². The van der Waals surface area contributed by atoms with Gasteiger partial charge in [0.25, 0.3) is 5.56 Å². The van der Waals surface area contributed by atoms with Gasteiger partial charge < -0.3 is 0 Å². The Morgan fingerprint density at radius 3 is 2.90 bits per heavy atom. The van der Waals surface area contributed by atoms with E-state index in [1.165, 1.54) is 16.9 Å². The lowest BCUT2D eigenvalue weighted by Crippen LogP contribution is -2.28. The van der Waals surface area contributed by atoms with Crippen molar-refractivity contribution in [1.29, 1.82) is 0 Å². The molecule has 0 unspecified atom stereocenters. The van der Waals surface area contributed by atoms with Gasteiger partial charge in [-0.1, -0.05) is 35.6 Å². The summed E-state index contributed by atoms with van der Waals surface area (Å²) in [5, 5.41) is 0.885. The third kappa shape index (κ3) is 2.00. The highest BCUT2D eigenvalue weighted by Gasteiger charge is 2.18. The van der Waals surface area contributed by atoms with Crippen LogP contribution in [0.2, 0.25) is 0 Å². The third-order valence-electron chi connectivity index (χ3n) is 4.01. The molecule has 106 valence electrons. The van der Waals surface area contributed by atoms with Crippen molar-refractivity contribution in [2.75, 3.05) is 0 Å². The molecule has 3 heterocycles. The molecule has 0 saturated carbocycles. The van der Waals surface area contributed by atoms with Gasteiger partial charge in [0.05, 0.1) is 0 Å². The number of fused-ring (bicyclic) bond motifs is 2. The van der Waals surface area contributed by atoms with Gasteiger partial charge in [-0.3, -0.25) is 9.36 Å². The zero-order chi connectivity index (χ0) is 14.4. The third-order valence-corrected chi connectivity index (χ3v) is 4.99. The van der Waals surface area contributed by atoms with Crippen molar-refractivity contribution in [1.82, 2.24) is 14.5 Å². The largest absolute Gasteiger partial charge is 0.295 e. The molecule has 0 spiro atoms. The molecule has 21 heavy (non-hydrogen) atoms. The zero-order valence-electron chi connectivity index (χ0n) is 11.8. The van der Waals surface area contributed by atoms with Gasteiger partial charge in [-0.2, -0.15) is 0 Å². The molecule has 2 aromatic heterocycles. The van der Waals surface area contributed by atoms with E-state index in [1.807, 2.05) is 18.2 Å². The molecule has 1 aromatic carbocycles. The van der Waals surface area contributed by atoms with Crippen molar-refractivity contribution in [3.63, 3.8) is 0 Å². The maximum Gasteiger partial charge on any atom is 0.280 e. The average molecular weight is 297 g/mol. The first-order valence-electron chi connectivity index (χ1n) is 7.20. The molecule has 4 rings (SSSR count). The van der Waals surface area contributed by atoms with Gasteiger partial charge in [0.1, 0.15) is 10.8 Å². The summed E-state index contributed by atoms with van der Waals surface area (Å²) in [6.07, 6.45) is 3.05.